The van der Waals surface area contributed by atoms with Gasteiger partial charge in [-0.2, -0.15) is 0 Å². The van der Waals surface area contributed by atoms with Gasteiger partial charge < -0.3 is 15.1 Å². The van der Waals surface area contributed by atoms with Crippen molar-refractivity contribution in [3.05, 3.63) is 30.3 Å². The molecule has 1 atom stereocenters. The maximum absolute atomic E-state index is 4.60. The zero-order valence-corrected chi connectivity index (χ0v) is 17.5. The van der Waals surface area contributed by atoms with Gasteiger partial charge in [0.1, 0.15) is 0 Å². The number of hydrogen-bond donors (Lipinski definition) is 1. The summed E-state index contributed by atoms with van der Waals surface area (Å²) >= 11 is 2.03. The fourth-order valence-corrected chi connectivity index (χ4v) is 5.69. The summed E-state index contributed by atoms with van der Waals surface area (Å²) in [6.45, 7) is 7.23. The summed E-state index contributed by atoms with van der Waals surface area (Å²) in [5, 5.41) is 3.70. The van der Waals surface area contributed by atoms with Crippen LogP contribution in [0.4, 0.5) is 0 Å². The van der Waals surface area contributed by atoms with Crippen LogP contribution < -0.4 is 5.32 Å². The van der Waals surface area contributed by atoms with E-state index in [-0.39, 0.29) is 0 Å². The summed E-state index contributed by atoms with van der Waals surface area (Å²) in [5.41, 5.74) is 0. The van der Waals surface area contributed by atoms with Crippen molar-refractivity contribution >= 4 is 17.7 Å². The molecule has 5 heteroatoms. The van der Waals surface area contributed by atoms with Crippen molar-refractivity contribution in [3.63, 3.8) is 0 Å². The lowest BCUT2D eigenvalue weighted by Gasteiger charge is -2.29. The minimum atomic E-state index is 0.365. The van der Waals surface area contributed by atoms with E-state index in [2.05, 4.69) is 50.4 Å². The van der Waals surface area contributed by atoms with E-state index >= 15 is 0 Å². The van der Waals surface area contributed by atoms with Gasteiger partial charge in [-0.3, -0.25) is 4.99 Å². The van der Waals surface area contributed by atoms with Gasteiger partial charge in [-0.15, -0.1) is 11.8 Å². The van der Waals surface area contributed by atoms with Crippen LogP contribution in [0.5, 0.6) is 0 Å². The Balaban J connectivity index is 1.25. The Kier molecular flexibility index (Phi) is 6.28. The molecule has 3 fully saturated rings. The molecule has 3 aliphatic rings. The molecule has 4 rings (SSSR count). The van der Waals surface area contributed by atoms with Crippen LogP contribution in [0, 0.1) is 5.92 Å². The summed E-state index contributed by atoms with van der Waals surface area (Å²) in [6, 6.07) is 10.8. The van der Waals surface area contributed by atoms with E-state index in [1.807, 2.05) is 18.8 Å². The van der Waals surface area contributed by atoms with E-state index in [0.717, 1.165) is 31.5 Å². The number of nitrogens with zero attached hydrogens (tertiary/aromatic N) is 3. The number of likely N-dealkylation sites (tertiary alicyclic amines) is 2. The molecule has 148 valence electrons. The van der Waals surface area contributed by atoms with E-state index < -0.39 is 0 Å². The lowest BCUT2D eigenvalue weighted by atomic mass is 10.1. The van der Waals surface area contributed by atoms with Crippen molar-refractivity contribution < 1.29 is 0 Å². The van der Waals surface area contributed by atoms with Gasteiger partial charge in [-0.1, -0.05) is 24.6 Å². The van der Waals surface area contributed by atoms with Crippen molar-refractivity contribution in [2.75, 3.05) is 46.3 Å². The Hall–Kier alpha value is -1.20. The third kappa shape index (κ3) is 5.20. The zero-order valence-electron chi connectivity index (χ0n) is 16.7. The number of rotatable bonds is 6. The number of piperidine rings is 1. The van der Waals surface area contributed by atoms with Gasteiger partial charge >= 0.3 is 0 Å². The third-order valence-corrected chi connectivity index (χ3v) is 7.71. The van der Waals surface area contributed by atoms with E-state index in [0.29, 0.717) is 4.75 Å². The summed E-state index contributed by atoms with van der Waals surface area (Å²) in [7, 11) is 1.93. The van der Waals surface area contributed by atoms with E-state index in [4.69, 9.17) is 0 Å². The highest BCUT2D eigenvalue weighted by Gasteiger charge is 2.44. The highest BCUT2D eigenvalue weighted by molar-refractivity contribution is 8.01. The largest absolute Gasteiger partial charge is 0.355 e. The maximum Gasteiger partial charge on any atom is 0.193 e. The summed E-state index contributed by atoms with van der Waals surface area (Å²) in [6.07, 6.45) is 8.11. The monoisotopic (exact) mass is 386 g/mol. The molecule has 2 saturated heterocycles. The maximum atomic E-state index is 4.60. The number of nitrogens with one attached hydrogen (secondary N) is 1. The Bertz CT molecular complexity index is 622. The first-order valence-corrected chi connectivity index (χ1v) is 11.5. The topological polar surface area (TPSA) is 30.9 Å². The second-order valence-electron chi connectivity index (χ2n) is 8.46. The fourth-order valence-electron chi connectivity index (χ4n) is 4.45. The molecule has 1 saturated carbocycles. The first kappa shape index (κ1) is 19.1. The number of aliphatic imine (C=N–C) groups is 1. The summed E-state index contributed by atoms with van der Waals surface area (Å²) in [4.78, 5) is 11.1. The molecule has 0 amide bonds. The van der Waals surface area contributed by atoms with Gasteiger partial charge in [0.25, 0.3) is 0 Å². The average molecular weight is 387 g/mol. The number of guanidine groups is 1. The predicted molar refractivity (Wildman–Crippen MR) is 116 cm³/mol. The van der Waals surface area contributed by atoms with E-state index in [1.54, 1.807) is 0 Å². The third-order valence-electron chi connectivity index (χ3n) is 6.22. The quantitative estimate of drug-likeness (QED) is 0.597. The van der Waals surface area contributed by atoms with Crippen molar-refractivity contribution in [1.29, 1.82) is 0 Å². The Labute approximate surface area is 168 Å². The van der Waals surface area contributed by atoms with E-state index in [9.17, 15) is 0 Å². The lowest BCUT2D eigenvalue weighted by Crippen LogP contribution is -2.43. The van der Waals surface area contributed by atoms with Gasteiger partial charge in [0.05, 0.1) is 0 Å². The number of hydrogen-bond acceptors (Lipinski definition) is 3. The molecule has 1 aliphatic carbocycles. The molecule has 27 heavy (non-hydrogen) atoms. The van der Waals surface area contributed by atoms with Crippen LogP contribution in [-0.2, 0) is 0 Å². The molecular weight excluding hydrogens is 352 g/mol. The lowest BCUT2D eigenvalue weighted by molar-refractivity contribution is 0.198. The smallest absolute Gasteiger partial charge is 0.193 e. The van der Waals surface area contributed by atoms with Crippen molar-refractivity contribution in [2.45, 2.75) is 48.2 Å². The Morgan fingerprint density at radius 1 is 1.15 bits per heavy atom. The molecule has 0 radical (unpaired) electrons. The van der Waals surface area contributed by atoms with Gasteiger partial charge in [0.2, 0.25) is 0 Å². The Morgan fingerprint density at radius 3 is 2.63 bits per heavy atom. The fraction of sp³-hybridized carbons (Fsp3) is 0.682. The molecular formula is C22H34N4S. The predicted octanol–water partition coefficient (Wildman–Crippen LogP) is 3.69. The minimum absolute atomic E-state index is 0.365. The summed E-state index contributed by atoms with van der Waals surface area (Å²) < 4.78 is 0.365. The highest BCUT2D eigenvalue weighted by atomic mass is 32.2. The molecule has 0 spiro atoms. The molecule has 1 aromatic rings. The molecule has 0 bridgehead atoms. The van der Waals surface area contributed by atoms with Crippen LogP contribution in [-0.4, -0.2) is 66.8 Å². The molecule has 1 N–H and O–H groups in total. The molecule has 1 aromatic carbocycles. The number of benzene rings is 1. The molecule has 2 heterocycles. The first-order chi connectivity index (χ1) is 13.3. The number of thioether (sulfide) groups is 1. The highest BCUT2D eigenvalue weighted by Crippen LogP contribution is 2.51. The van der Waals surface area contributed by atoms with Crippen LogP contribution in [0.3, 0.4) is 0 Å². The SMILES string of the molecule is CN=C(NCC1(Sc2ccccc2)CC1)N1CCC(CN2CCCCC2)C1. The van der Waals surface area contributed by atoms with Crippen molar-refractivity contribution in [1.82, 2.24) is 15.1 Å². The van der Waals surface area contributed by atoms with Crippen LogP contribution in [0.25, 0.3) is 0 Å². The van der Waals surface area contributed by atoms with Crippen LogP contribution >= 0.6 is 11.8 Å². The minimum Gasteiger partial charge on any atom is -0.355 e. The van der Waals surface area contributed by atoms with Crippen molar-refractivity contribution in [3.8, 4) is 0 Å². The van der Waals surface area contributed by atoms with Gasteiger partial charge in [0, 0.05) is 42.9 Å². The molecule has 1 unspecified atom stereocenters. The first-order valence-electron chi connectivity index (χ1n) is 10.7. The molecule has 2 aliphatic heterocycles. The van der Waals surface area contributed by atoms with Gasteiger partial charge in [-0.25, -0.2) is 0 Å². The zero-order chi connectivity index (χ0) is 18.5. The van der Waals surface area contributed by atoms with Gasteiger partial charge in [0.15, 0.2) is 5.96 Å². The van der Waals surface area contributed by atoms with Crippen LogP contribution in [0.1, 0.15) is 38.5 Å². The Morgan fingerprint density at radius 2 is 1.93 bits per heavy atom. The molecule has 4 nitrogen and oxygen atoms in total. The van der Waals surface area contributed by atoms with Crippen molar-refractivity contribution in [2.24, 2.45) is 10.9 Å². The normalized spacial score (nSPS) is 25.6. The standard InChI is InChI=1S/C22H34N4S/c1-23-21(24-18-22(11-12-22)27-20-8-4-2-5-9-20)26-15-10-19(17-26)16-25-13-6-3-7-14-25/h2,4-5,8-9,19H,3,6-7,10-18H2,1H3,(H,23,24). The second-order valence-corrected chi connectivity index (χ2v) is 10.0. The second kappa shape index (κ2) is 8.87. The van der Waals surface area contributed by atoms with Crippen LogP contribution in [0.2, 0.25) is 0 Å². The molecule has 0 aromatic heterocycles. The summed E-state index contributed by atoms with van der Waals surface area (Å²) in [5.74, 6) is 1.91. The van der Waals surface area contributed by atoms with Gasteiger partial charge in [-0.05, 0) is 63.2 Å². The van der Waals surface area contributed by atoms with Crippen LogP contribution in [0.15, 0.2) is 40.2 Å². The average Bonchev–Trinajstić information content (AvgIpc) is 3.31. The van der Waals surface area contributed by atoms with E-state index in [1.165, 1.54) is 63.1 Å².